The number of hydrogen-bond donors (Lipinski definition) is 2. The topological polar surface area (TPSA) is 86.5 Å². The number of amides is 1. The molecule has 0 bridgehead atoms. The Labute approximate surface area is 196 Å². The molecular weight excluding hydrogens is 471 g/mol. The van der Waals surface area contributed by atoms with Gasteiger partial charge < -0.3 is 10.0 Å². The molecule has 1 aliphatic rings. The van der Waals surface area contributed by atoms with E-state index in [9.17, 15) is 23.1 Å². The van der Waals surface area contributed by atoms with Gasteiger partial charge in [0.1, 0.15) is 28.1 Å². The molecule has 4 heterocycles. The highest BCUT2D eigenvalue weighted by molar-refractivity contribution is 6.32. The van der Waals surface area contributed by atoms with Crippen LogP contribution in [-0.4, -0.2) is 54.2 Å². The van der Waals surface area contributed by atoms with E-state index < -0.39 is 23.2 Å². The van der Waals surface area contributed by atoms with Gasteiger partial charge in [0.2, 0.25) is 5.95 Å². The molecule has 0 atom stereocenters. The average molecular weight is 490 g/mol. The number of fused-ring (bicyclic) bond motifs is 1. The van der Waals surface area contributed by atoms with Gasteiger partial charge in [-0.2, -0.15) is 9.49 Å². The number of halogens is 4. The van der Waals surface area contributed by atoms with Gasteiger partial charge in [0.15, 0.2) is 0 Å². The SMILES string of the molecule is CC1(O)CCN(C(=O)c2ccn3c(Cl)c(-c4c(F)cc(F)cc4-c4cn[nH]c4F)nc3c2)CC1. The summed E-state index contributed by atoms with van der Waals surface area (Å²) < 4.78 is 44.6. The van der Waals surface area contributed by atoms with Crippen molar-refractivity contribution in [3.8, 4) is 22.4 Å². The third kappa shape index (κ3) is 3.82. The maximum Gasteiger partial charge on any atom is 0.254 e. The Morgan fingerprint density at radius 3 is 2.59 bits per heavy atom. The Bertz CT molecular complexity index is 1420. The lowest BCUT2D eigenvalue weighted by Crippen LogP contribution is -2.45. The summed E-state index contributed by atoms with van der Waals surface area (Å²) in [5, 5.41) is 15.8. The number of likely N-dealkylation sites (tertiary alicyclic amines) is 1. The second-order valence-electron chi connectivity index (χ2n) is 8.59. The third-order valence-corrected chi connectivity index (χ3v) is 6.48. The second kappa shape index (κ2) is 8.14. The Balaban J connectivity index is 1.58. The normalized spacial score (nSPS) is 15.8. The first kappa shape index (κ1) is 22.4. The average Bonchev–Trinajstić information content (AvgIpc) is 3.35. The molecule has 0 radical (unpaired) electrons. The first-order valence-corrected chi connectivity index (χ1v) is 10.9. The van der Waals surface area contributed by atoms with Crippen LogP contribution in [0.15, 0.2) is 36.7 Å². The molecule has 0 spiro atoms. The summed E-state index contributed by atoms with van der Waals surface area (Å²) in [5.41, 5.74) is -0.656. The van der Waals surface area contributed by atoms with Crippen LogP contribution in [0.2, 0.25) is 5.15 Å². The van der Waals surface area contributed by atoms with Crippen molar-refractivity contribution in [1.29, 1.82) is 0 Å². The molecule has 1 aliphatic heterocycles. The lowest BCUT2D eigenvalue weighted by Gasteiger charge is -2.35. The summed E-state index contributed by atoms with van der Waals surface area (Å²) >= 11 is 6.49. The molecular formula is C23H19ClF3N5O2. The quantitative estimate of drug-likeness (QED) is 0.445. The van der Waals surface area contributed by atoms with Gasteiger partial charge in [0, 0.05) is 42.0 Å². The molecule has 1 aromatic carbocycles. The summed E-state index contributed by atoms with van der Waals surface area (Å²) in [6.45, 7) is 2.57. The van der Waals surface area contributed by atoms with E-state index in [1.807, 2.05) is 0 Å². The van der Waals surface area contributed by atoms with Crippen LogP contribution in [0.3, 0.4) is 0 Å². The van der Waals surface area contributed by atoms with E-state index in [4.69, 9.17) is 11.6 Å². The highest BCUT2D eigenvalue weighted by Gasteiger charge is 2.30. The molecule has 0 aliphatic carbocycles. The van der Waals surface area contributed by atoms with E-state index in [1.54, 1.807) is 17.9 Å². The predicted molar refractivity (Wildman–Crippen MR) is 119 cm³/mol. The van der Waals surface area contributed by atoms with Gasteiger partial charge in [-0.3, -0.25) is 14.3 Å². The monoisotopic (exact) mass is 489 g/mol. The van der Waals surface area contributed by atoms with Crippen molar-refractivity contribution in [3.63, 3.8) is 0 Å². The molecule has 5 rings (SSSR count). The summed E-state index contributed by atoms with van der Waals surface area (Å²) in [6.07, 6.45) is 3.58. The second-order valence-corrected chi connectivity index (χ2v) is 8.95. The van der Waals surface area contributed by atoms with Gasteiger partial charge in [-0.1, -0.05) is 11.6 Å². The molecule has 1 fully saturated rings. The standard InChI is InChI=1S/C23H19ClF3N5O2/c1-23(34)3-6-31(7-4-23)22(33)12-2-5-32-17(8-12)29-19(20(32)24)18-14(9-13(25)10-16(18)26)15-11-28-30-21(15)27/h2,5,8-11,34H,3-4,6-7H2,1H3,(H,28,30). The molecule has 34 heavy (non-hydrogen) atoms. The number of pyridine rings is 1. The van der Waals surface area contributed by atoms with Crippen LogP contribution < -0.4 is 0 Å². The van der Waals surface area contributed by atoms with Crippen LogP contribution in [0.5, 0.6) is 0 Å². The van der Waals surface area contributed by atoms with Crippen LogP contribution in [0.25, 0.3) is 28.0 Å². The molecule has 2 N–H and O–H groups in total. The van der Waals surface area contributed by atoms with Gasteiger partial charge in [-0.05, 0) is 38.0 Å². The van der Waals surface area contributed by atoms with E-state index in [2.05, 4.69) is 15.2 Å². The van der Waals surface area contributed by atoms with Gasteiger partial charge >= 0.3 is 0 Å². The lowest BCUT2D eigenvalue weighted by atomic mass is 9.93. The van der Waals surface area contributed by atoms with Crippen LogP contribution in [0.1, 0.15) is 30.1 Å². The highest BCUT2D eigenvalue weighted by Crippen LogP contribution is 2.39. The Kier molecular flexibility index (Phi) is 5.37. The molecule has 0 unspecified atom stereocenters. The molecule has 176 valence electrons. The smallest absolute Gasteiger partial charge is 0.254 e. The summed E-state index contributed by atoms with van der Waals surface area (Å²) in [5.74, 6) is -2.96. The number of nitrogens with zero attached hydrogens (tertiary/aromatic N) is 4. The number of aromatic amines is 1. The molecule has 1 amide bonds. The number of aromatic nitrogens is 4. The minimum atomic E-state index is -0.974. The van der Waals surface area contributed by atoms with Gasteiger partial charge in [-0.15, -0.1) is 0 Å². The van der Waals surface area contributed by atoms with Gasteiger partial charge in [-0.25, -0.2) is 13.8 Å². The zero-order valence-electron chi connectivity index (χ0n) is 17.9. The third-order valence-electron chi connectivity index (χ3n) is 6.12. The maximum atomic E-state index is 15.0. The van der Waals surface area contributed by atoms with Crippen molar-refractivity contribution in [2.75, 3.05) is 13.1 Å². The minimum Gasteiger partial charge on any atom is -0.390 e. The fourth-order valence-corrected chi connectivity index (χ4v) is 4.45. The van der Waals surface area contributed by atoms with Crippen molar-refractivity contribution in [2.24, 2.45) is 0 Å². The predicted octanol–water partition coefficient (Wildman–Crippen LogP) is 4.45. The summed E-state index contributed by atoms with van der Waals surface area (Å²) in [4.78, 5) is 19.0. The number of rotatable bonds is 3. The summed E-state index contributed by atoms with van der Waals surface area (Å²) in [7, 11) is 0. The zero-order valence-corrected chi connectivity index (χ0v) is 18.7. The molecule has 11 heteroatoms. The zero-order chi connectivity index (χ0) is 24.2. The molecule has 4 aromatic rings. The van der Waals surface area contributed by atoms with E-state index in [1.165, 1.54) is 16.7 Å². The van der Waals surface area contributed by atoms with Crippen molar-refractivity contribution in [2.45, 2.75) is 25.4 Å². The number of benzene rings is 1. The van der Waals surface area contributed by atoms with Crippen LogP contribution in [0, 0.1) is 17.6 Å². The number of carbonyl (C=O) groups is 1. The fraction of sp³-hybridized carbons (Fsp3) is 0.261. The van der Waals surface area contributed by atoms with E-state index >= 15 is 0 Å². The van der Waals surface area contributed by atoms with E-state index in [0.717, 1.165) is 12.3 Å². The number of H-pyrrole nitrogens is 1. The lowest BCUT2D eigenvalue weighted by molar-refractivity contribution is -0.00203. The Hall–Kier alpha value is -3.37. The number of nitrogens with one attached hydrogen (secondary N) is 1. The van der Waals surface area contributed by atoms with Crippen LogP contribution in [0.4, 0.5) is 13.2 Å². The molecule has 1 saturated heterocycles. The van der Waals surface area contributed by atoms with E-state index in [-0.39, 0.29) is 39.1 Å². The maximum absolute atomic E-state index is 15.0. The first-order chi connectivity index (χ1) is 16.1. The minimum absolute atomic E-state index is 0.0127. The number of carbonyl (C=O) groups excluding carboxylic acids is 1. The van der Waals surface area contributed by atoms with Gasteiger partial charge in [0.25, 0.3) is 5.91 Å². The Morgan fingerprint density at radius 2 is 1.91 bits per heavy atom. The first-order valence-electron chi connectivity index (χ1n) is 10.5. The molecule has 3 aromatic heterocycles. The number of imidazole rings is 1. The largest absolute Gasteiger partial charge is 0.390 e. The Morgan fingerprint density at radius 1 is 1.18 bits per heavy atom. The fourth-order valence-electron chi connectivity index (χ4n) is 4.17. The highest BCUT2D eigenvalue weighted by atomic mass is 35.5. The van der Waals surface area contributed by atoms with Crippen molar-refractivity contribution in [1.82, 2.24) is 24.5 Å². The van der Waals surface area contributed by atoms with Crippen molar-refractivity contribution >= 4 is 23.2 Å². The van der Waals surface area contributed by atoms with Crippen molar-refractivity contribution in [3.05, 3.63) is 65.0 Å². The number of aliphatic hydroxyl groups is 1. The van der Waals surface area contributed by atoms with Gasteiger partial charge in [0.05, 0.1) is 17.4 Å². The van der Waals surface area contributed by atoms with Crippen LogP contribution >= 0.6 is 11.6 Å². The van der Waals surface area contributed by atoms with Crippen LogP contribution in [-0.2, 0) is 0 Å². The molecule has 7 nitrogen and oxygen atoms in total. The molecule has 0 saturated carbocycles. The van der Waals surface area contributed by atoms with Crippen molar-refractivity contribution < 1.29 is 23.1 Å². The van der Waals surface area contributed by atoms with E-state index in [0.29, 0.717) is 37.6 Å². The summed E-state index contributed by atoms with van der Waals surface area (Å²) in [6, 6.07) is 4.73. The number of piperidine rings is 1. The number of hydrogen-bond acceptors (Lipinski definition) is 4.